The number of fused-ring (bicyclic) bond motifs is 1. The number of hydrogen-bond acceptors (Lipinski definition) is 2. The number of aromatic nitrogens is 1. The molecule has 1 atom stereocenters. The lowest BCUT2D eigenvalue weighted by Gasteiger charge is -2.26. The first-order valence-corrected chi connectivity index (χ1v) is 6.39. The molecule has 1 aliphatic carbocycles. The molecule has 0 fully saturated rings. The summed E-state index contributed by atoms with van der Waals surface area (Å²) in [7, 11) is 0. The van der Waals surface area contributed by atoms with Crippen molar-refractivity contribution >= 4 is 5.69 Å². The van der Waals surface area contributed by atoms with Crippen molar-refractivity contribution in [1.29, 1.82) is 0 Å². The van der Waals surface area contributed by atoms with Crippen molar-refractivity contribution in [2.75, 3.05) is 5.32 Å². The van der Waals surface area contributed by atoms with E-state index in [-0.39, 0.29) is 6.04 Å². The average Bonchev–Trinajstić information content (AvgIpc) is 2.43. The van der Waals surface area contributed by atoms with Gasteiger partial charge in [-0.1, -0.05) is 6.07 Å². The molecule has 0 spiro atoms. The molecule has 1 aromatic heterocycles. The zero-order valence-corrected chi connectivity index (χ0v) is 10.4. The minimum absolute atomic E-state index is 0.0646. The molecule has 4 heteroatoms. The largest absolute Gasteiger partial charge is 0.377 e. The maximum atomic E-state index is 13.2. The van der Waals surface area contributed by atoms with Gasteiger partial charge in [0.2, 0.25) is 0 Å². The summed E-state index contributed by atoms with van der Waals surface area (Å²) in [5.41, 5.74) is 2.83. The number of benzene rings is 1. The Labute approximate surface area is 110 Å². The second kappa shape index (κ2) is 4.96. The van der Waals surface area contributed by atoms with Gasteiger partial charge in [-0.2, -0.15) is 0 Å². The molecule has 1 heterocycles. The molecule has 0 aliphatic heterocycles. The second-order valence-electron chi connectivity index (χ2n) is 4.77. The quantitative estimate of drug-likeness (QED) is 0.887. The number of anilines is 1. The third kappa shape index (κ3) is 2.43. The molecule has 0 amide bonds. The molecule has 0 saturated carbocycles. The minimum atomic E-state index is -0.831. The van der Waals surface area contributed by atoms with E-state index in [1.807, 2.05) is 6.07 Å². The molecule has 0 radical (unpaired) electrons. The van der Waals surface area contributed by atoms with Crippen molar-refractivity contribution in [3.63, 3.8) is 0 Å². The van der Waals surface area contributed by atoms with Gasteiger partial charge in [0.25, 0.3) is 0 Å². The summed E-state index contributed by atoms with van der Waals surface area (Å²) in [6.07, 6.45) is 4.81. The van der Waals surface area contributed by atoms with Crippen molar-refractivity contribution in [3.05, 3.63) is 59.4 Å². The Morgan fingerprint density at radius 2 is 2.05 bits per heavy atom. The SMILES string of the molecule is Fc1ccc(NC2CCCc3cccnc32)cc1F. The van der Waals surface area contributed by atoms with Crippen LogP contribution in [-0.2, 0) is 6.42 Å². The smallest absolute Gasteiger partial charge is 0.160 e. The molecule has 1 N–H and O–H groups in total. The van der Waals surface area contributed by atoms with Gasteiger partial charge in [0.15, 0.2) is 11.6 Å². The van der Waals surface area contributed by atoms with Gasteiger partial charge in [-0.3, -0.25) is 4.98 Å². The number of halogens is 2. The second-order valence-corrected chi connectivity index (χ2v) is 4.77. The van der Waals surface area contributed by atoms with E-state index < -0.39 is 11.6 Å². The van der Waals surface area contributed by atoms with E-state index in [2.05, 4.69) is 16.4 Å². The fraction of sp³-hybridized carbons (Fsp3) is 0.267. The highest BCUT2D eigenvalue weighted by Crippen LogP contribution is 2.31. The van der Waals surface area contributed by atoms with E-state index in [0.717, 1.165) is 31.0 Å². The first kappa shape index (κ1) is 12.1. The lowest BCUT2D eigenvalue weighted by atomic mass is 9.92. The molecule has 0 bridgehead atoms. The van der Waals surface area contributed by atoms with Crippen LogP contribution in [0.1, 0.15) is 30.1 Å². The summed E-state index contributed by atoms with van der Waals surface area (Å²) >= 11 is 0. The van der Waals surface area contributed by atoms with Crippen molar-refractivity contribution in [1.82, 2.24) is 4.98 Å². The average molecular weight is 260 g/mol. The molecule has 2 nitrogen and oxygen atoms in total. The summed E-state index contributed by atoms with van der Waals surface area (Å²) in [5, 5.41) is 3.24. The number of hydrogen-bond donors (Lipinski definition) is 1. The Morgan fingerprint density at radius 1 is 1.16 bits per heavy atom. The van der Waals surface area contributed by atoms with E-state index in [1.54, 1.807) is 12.3 Å². The zero-order valence-electron chi connectivity index (χ0n) is 10.4. The Bertz CT molecular complexity index is 598. The third-order valence-corrected chi connectivity index (χ3v) is 3.46. The lowest BCUT2D eigenvalue weighted by Crippen LogP contribution is -2.18. The predicted molar refractivity (Wildman–Crippen MR) is 69.9 cm³/mol. The van der Waals surface area contributed by atoms with Gasteiger partial charge in [0, 0.05) is 18.0 Å². The summed E-state index contributed by atoms with van der Waals surface area (Å²) in [5.74, 6) is -1.66. The minimum Gasteiger partial charge on any atom is -0.377 e. The van der Waals surface area contributed by atoms with Crippen molar-refractivity contribution in [3.8, 4) is 0 Å². The standard InChI is InChI=1S/C15H14F2N2/c16-12-7-6-11(9-13(12)17)19-14-5-1-3-10-4-2-8-18-15(10)14/h2,4,6-9,14,19H,1,3,5H2. The van der Waals surface area contributed by atoms with Gasteiger partial charge >= 0.3 is 0 Å². The summed E-state index contributed by atoms with van der Waals surface area (Å²) < 4.78 is 26.1. The van der Waals surface area contributed by atoms with Crippen LogP contribution >= 0.6 is 0 Å². The lowest BCUT2D eigenvalue weighted by molar-refractivity contribution is 0.508. The van der Waals surface area contributed by atoms with Crippen LogP contribution in [0.25, 0.3) is 0 Å². The topological polar surface area (TPSA) is 24.9 Å². The Hall–Kier alpha value is -1.97. The number of nitrogens with one attached hydrogen (secondary N) is 1. The molecule has 3 rings (SSSR count). The van der Waals surface area contributed by atoms with E-state index in [0.29, 0.717) is 5.69 Å². The zero-order chi connectivity index (χ0) is 13.2. The molecule has 1 unspecified atom stereocenters. The van der Waals surface area contributed by atoms with Gasteiger partial charge in [0.1, 0.15) is 0 Å². The van der Waals surface area contributed by atoms with E-state index >= 15 is 0 Å². The highest BCUT2D eigenvalue weighted by atomic mass is 19.2. The Morgan fingerprint density at radius 3 is 2.89 bits per heavy atom. The van der Waals surface area contributed by atoms with Gasteiger partial charge < -0.3 is 5.32 Å². The monoisotopic (exact) mass is 260 g/mol. The van der Waals surface area contributed by atoms with Gasteiger partial charge in [-0.15, -0.1) is 0 Å². The molecule has 98 valence electrons. The van der Waals surface area contributed by atoms with E-state index in [9.17, 15) is 8.78 Å². The number of rotatable bonds is 2. The maximum Gasteiger partial charge on any atom is 0.160 e. The number of nitrogens with zero attached hydrogens (tertiary/aromatic N) is 1. The molecule has 2 aromatic rings. The molecule has 1 aliphatic rings. The highest BCUT2D eigenvalue weighted by molar-refractivity contribution is 5.46. The van der Waals surface area contributed by atoms with E-state index in [1.165, 1.54) is 11.6 Å². The molecular formula is C15H14F2N2. The fourth-order valence-corrected chi connectivity index (χ4v) is 2.54. The van der Waals surface area contributed by atoms with Gasteiger partial charge in [0.05, 0.1) is 11.7 Å². The van der Waals surface area contributed by atoms with Gasteiger partial charge in [-0.05, 0) is 43.0 Å². The van der Waals surface area contributed by atoms with Crippen LogP contribution in [0.4, 0.5) is 14.5 Å². The first-order chi connectivity index (χ1) is 9.24. The van der Waals surface area contributed by atoms with Crippen molar-refractivity contribution in [2.24, 2.45) is 0 Å². The molecule has 19 heavy (non-hydrogen) atoms. The summed E-state index contributed by atoms with van der Waals surface area (Å²) in [6.45, 7) is 0. The van der Waals surface area contributed by atoms with E-state index in [4.69, 9.17) is 0 Å². The van der Waals surface area contributed by atoms with Crippen molar-refractivity contribution in [2.45, 2.75) is 25.3 Å². The maximum absolute atomic E-state index is 13.2. The van der Waals surface area contributed by atoms with Crippen LogP contribution in [0, 0.1) is 11.6 Å². The number of aryl methyl sites for hydroxylation is 1. The summed E-state index contributed by atoms with van der Waals surface area (Å²) in [4.78, 5) is 4.41. The van der Waals surface area contributed by atoms with Crippen LogP contribution in [0.2, 0.25) is 0 Å². The third-order valence-electron chi connectivity index (χ3n) is 3.46. The van der Waals surface area contributed by atoms with Crippen LogP contribution < -0.4 is 5.32 Å². The Kier molecular flexibility index (Phi) is 3.15. The van der Waals surface area contributed by atoms with Crippen molar-refractivity contribution < 1.29 is 8.78 Å². The van der Waals surface area contributed by atoms with Gasteiger partial charge in [-0.25, -0.2) is 8.78 Å². The van der Waals surface area contributed by atoms with Crippen LogP contribution in [0.5, 0.6) is 0 Å². The summed E-state index contributed by atoms with van der Waals surface area (Å²) in [6, 6.07) is 7.94. The van der Waals surface area contributed by atoms with Crippen LogP contribution in [-0.4, -0.2) is 4.98 Å². The Balaban J connectivity index is 1.86. The normalized spacial score (nSPS) is 17.9. The molecular weight excluding hydrogens is 246 g/mol. The first-order valence-electron chi connectivity index (χ1n) is 6.39. The van der Waals surface area contributed by atoms with Crippen LogP contribution in [0.3, 0.4) is 0 Å². The van der Waals surface area contributed by atoms with Crippen LogP contribution in [0.15, 0.2) is 36.5 Å². The fourth-order valence-electron chi connectivity index (χ4n) is 2.54. The number of pyridine rings is 1. The highest BCUT2D eigenvalue weighted by Gasteiger charge is 2.21. The molecule has 0 saturated heterocycles. The predicted octanol–water partition coefficient (Wildman–Crippen LogP) is 3.85. The molecule has 1 aromatic carbocycles.